The van der Waals surface area contributed by atoms with Crippen molar-refractivity contribution in [3.05, 3.63) is 46.9 Å². The highest BCUT2D eigenvalue weighted by atomic mass is 16.1. The molecule has 0 saturated heterocycles. The van der Waals surface area contributed by atoms with E-state index in [0.717, 1.165) is 16.9 Å². The van der Waals surface area contributed by atoms with E-state index >= 15 is 0 Å². The Morgan fingerprint density at radius 2 is 1.89 bits per heavy atom. The molecular weight excluding hydrogens is 230 g/mol. The number of imidazole rings is 1. The number of hydrogen-bond acceptors (Lipinski definition) is 3. The second-order valence-electron chi connectivity index (χ2n) is 4.22. The first-order chi connectivity index (χ1) is 8.68. The molecule has 0 aliphatic rings. The van der Waals surface area contributed by atoms with Gasteiger partial charge in [-0.15, -0.1) is 0 Å². The van der Waals surface area contributed by atoms with Gasteiger partial charge in [-0.05, 0) is 12.1 Å². The van der Waals surface area contributed by atoms with Crippen molar-refractivity contribution in [2.45, 2.75) is 6.54 Å². The van der Waals surface area contributed by atoms with E-state index in [-0.39, 0.29) is 5.69 Å². The van der Waals surface area contributed by atoms with E-state index in [1.54, 1.807) is 20.9 Å². The molecule has 2 heterocycles. The average molecular weight is 243 g/mol. The van der Waals surface area contributed by atoms with E-state index in [1.165, 1.54) is 6.33 Å². The van der Waals surface area contributed by atoms with Crippen LogP contribution in [0.25, 0.3) is 11.0 Å². The first-order valence-electron chi connectivity index (χ1n) is 5.65. The lowest BCUT2D eigenvalue weighted by molar-refractivity contribution is 0.640. The van der Waals surface area contributed by atoms with Crippen molar-refractivity contribution >= 4 is 11.0 Å². The fraction of sp³-hybridized carbons (Fsp3) is 0.250. The molecule has 0 aliphatic heterocycles. The minimum atomic E-state index is -0.0424. The summed E-state index contributed by atoms with van der Waals surface area (Å²) in [6, 6.07) is 7.72. The molecule has 18 heavy (non-hydrogen) atoms. The fourth-order valence-electron chi connectivity index (χ4n) is 2.12. The quantitative estimate of drug-likeness (QED) is 0.659. The lowest BCUT2D eigenvalue weighted by Crippen LogP contribution is -2.23. The van der Waals surface area contributed by atoms with E-state index in [1.807, 2.05) is 31.3 Å². The van der Waals surface area contributed by atoms with Crippen LogP contribution in [0.2, 0.25) is 0 Å². The third kappa shape index (κ3) is 1.46. The Morgan fingerprint density at radius 3 is 2.56 bits per heavy atom. The van der Waals surface area contributed by atoms with Crippen LogP contribution in [-0.2, 0) is 20.6 Å². The number of benzene rings is 1. The van der Waals surface area contributed by atoms with Gasteiger partial charge in [0.1, 0.15) is 12.2 Å². The van der Waals surface area contributed by atoms with Gasteiger partial charge in [0.05, 0.1) is 17.6 Å². The molecule has 3 aromatic rings. The maximum Gasteiger partial charge on any atom is 0.329 e. The Bertz CT molecular complexity index is 764. The predicted molar refractivity (Wildman–Crippen MR) is 67.3 cm³/mol. The van der Waals surface area contributed by atoms with Crippen molar-refractivity contribution in [2.75, 3.05) is 0 Å². The highest BCUT2D eigenvalue weighted by Crippen LogP contribution is 2.12. The summed E-state index contributed by atoms with van der Waals surface area (Å²) in [4.78, 5) is 16.3. The number of rotatable bonds is 2. The van der Waals surface area contributed by atoms with E-state index in [0.29, 0.717) is 6.54 Å². The van der Waals surface area contributed by atoms with Crippen molar-refractivity contribution in [1.29, 1.82) is 0 Å². The molecule has 3 rings (SSSR count). The van der Waals surface area contributed by atoms with Crippen molar-refractivity contribution in [2.24, 2.45) is 14.1 Å². The Balaban J connectivity index is 2.21. The Kier molecular flexibility index (Phi) is 2.29. The molecule has 1 aromatic carbocycles. The van der Waals surface area contributed by atoms with E-state index in [4.69, 9.17) is 0 Å². The van der Waals surface area contributed by atoms with Gasteiger partial charge in [-0.25, -0.2) is 9.78 Å². The summed E-state index contributed by atoms with van der Waals surface area (Å²) < 4.78 is 5.03. The molecule has 0 radical (unpaired) electrons. The fourth-order valence-corrected chi connectivity index (χ4v) is 2.12. The number of hydrogen-bond donors (Lipinski definition) is 0. The van der Waals surface area contributed by atoms with Crippen molar-refractivity contribution in [1.82, 2.24) is 23.9 Å². The average Bonchev–Trinajstić information content (AvgIpc) is 2.88. The normalized spacial score (nSPS) is 11.2. The first kappa shape index (κ1) is 10.8. The van der Waals surface area contributed by atoms with E-state index < -0.39 is 0 Å². The van der Waals surface area contributed by atoms with Crippen molar-refractivity contribution < 1.29 is 0 Å². The van der Waals surface area contributed by atoms with Gasteiger partial charge in [-0.3, -0.25) is 13.8 Å². The molecule has 0 N–H and O–H groups in total. The van der Waals surface area contributed by atoms with Crippen LogP contribution >= 0.6 is 0 Å². The lowest BCUT2D eigenvalue weighted by atomic mass is 10.3. The number of aryl methyl sites for hydroxylation is 2. The van der Waals surface area contributed by atoms with Gasteiger partial charge in [0.25, 0.3) is 0 Å². The molecule has 2 aromatic heterocycles. The monoisotopic (exact) mass is 243 g/mol. The molecular formula is C12H13N5O. The zero-order valence-electron chi connectivity index (χ0n) is 10.2. The SMILES string of the molecule is Cn1ncnc1Cn1c(=O)n(C)c2ccccc21. The van der Waals surface area contributed by atoms with Gasteiger partial charge < -0.3 is 0 Å². The van der Waals surface area contributed by atoms with E-state index in [2.05, 4.69) is 10.1 Å². The number of fused-ring (bicyclic) bond motifs is 1. The molecule has 0 saturated carbocycles. The summed E-state index contributed by atoms with van der Waals surface area (Å²) in [5, 5.41) is 4.01. The van der Waals surface area contributed by atoms with Gasteiger partial charge in [0, 0.05) is 14.1 Å². The predicted octanol–water partition coefficient (Wildman–Crippen LogP) is 0.517. The number of para-hydroxylation sites is 2. The molecule has 92 valence electrons. The maximum atomic E-state index is 12.2. The van der Waals surface area contributed by atoms with Crippen LogP contribution in [0.3, 0.4) is 0 Å². The van der Waals surface area contributed by atoms with Gasteiger partial charge in [-0.2, -0.15) is 5.10 Å². The summed E-state index contributed by atoms with van der Waals surface area (Å²) in [5.41, 5.74) is 1.79. The topological polar surface area (TPSA) is 57.6 Å². The Morgan fingerprint density at radius 1 is 1.17 bits per heavy atom. The molecule has 0 amide bonds. The van der Waals surface area contributed by atoms with Crippen LogP contribution in [-0.4, -0.2) is 23.9 Å². The summed E-state index contributed by atoms with van der Waals surface area (Å²) in [6.07, 6.45) is 1.49. The summed E-state index contributed by atoms with van der Waals surface area (Å²) >= 11 is 0. The van der Waals surface area contributed by atoms with Crippen LogP contribution < -0.4 is 5.69 Å². The smallest absolute Gasteiger partial charge is 0.295 e. The van der Waals surface area contributed by atoms with Gasteiger partial charge in [-0.1, -0.05) is 12.1 Å². The Labute approximate surface area is 103 Å². The van der Waals surface area contributed by atoms with Crippen LogP contribution in [0.4, 0.5) is 0 Å². The number of nitrogens with zero attached hydrogens (tertiary/aromatic N) is 5. The third-order valence-corrected chi connectivity index (χ3v) is 3.16. The molecule has 0 spiro atoms. The second-order valence-corrected chi connectivity index (χ2v) is 4.22. The van der Waals surface area contributed by atoms with Crippen LogP contribution in [0, 0.1) is 0 Å². The maximum absolute atomic E-state index is 12.2. The molecule has 0 fully saturated rings. The highest BCUT2D eigenvalue weighted by molar-refractivity contribution is 5.75. The number of aromatic nitrogens is 5. The molecule has 6 heteroatoms. The molecule has 0 unspecified atom stereocenters. The Hall–Kier alpha value is -2.37. The largest absolute Gasteiger partial charge is 0.329 e. The second kappa shape index (κ2) is 3.83. The van der Waals surface area contributed by atoms with Crippen LogP contribution in [0.1, 0.15) is 5.82 Å². The van der Waals surface area contributed by atoms with Crippen molar-refractivity contribution in [3.8, 4) is 0 Å². The summed E-state index contributed by atoms with van der Waals surface area (Å²) in [7, 11) is 3.59. The summed E-state index contributed by atoms with van der Waals surface area (Å²) in [6.45, 7) is 0.427. The first-order valence-corrected chi connectivity index (χ1v) is 5.65. The van der Waals surface area contributed by atoms with Crippen molar-refractivity contribution in [3.63, 3.8) is 0 Å². The molecule has 6 nitrogen and oxygen atoms in total. The van der Waals surface area contributed by atoms with Gasteiger partial charge >= 0.3 is 5.69 Å². The summed E-state index contributed by atoms with van der Waals surface area (Å²) in [5.74, 6) is 0.758. The highest BCUT2D eigenvalue weighted by Gasteiger charge is 2.12. The van der Waals surface area contributed by atoms with Gasteiger partial charge in [0.15, 0.2) is 0 Å². The molecule has 0 bridgehead atoms. The van der Waals surface area contributed by atoms with Gasteiger partial charge in [0.2, 0.25) is 0 Å². The minimum Gasteiger partial charge on any atom is -0.295 e. The zero-order chi connectivity index (χ0) is 12.7. The van der Waals surface area contributed by atoms with Crippen LogP contribution in [0.15, 0.2) is 35.4 Å². The zero-order valence-corrected chi connectivity index (χ0v) is 10.2. The van der Waals surface area contributed by atoms with E-state index in [9.17, 15) is 4.79 Å². The minimum absolute atomic E-state index is 0.0424. The third-order valence-electron chi connectivity index (χ3n) is 3.16. The molecule has 0 aliphatic carbocycles. The molecule has 0 atom stereocenters. The van der Waals surface area contributed by atoms with Crippen LogP contribution in [0.5, 0.6) is 0 Å². The lowest BCUT2D eigenvalue weighted by Gasteiger charge is -2.02. The standard InChI is InChI=1S/C12H13N5O/c1-15-9-5-3-4-6-10(9)17(12(15)18)7-11-13-8-14-16(11)2/h3-6,8H,7H2,1-2H3.